The zero-order valence-corrected chi connectivity index (χ0v) is 10.5. The van der Waals surface area contributed by atoms with Crippen molar-refractivity contribution in [1.29, 1.82) is 0 Å². The standard InChI is InChI=1S/C10H13N5O2S/c11-8-14-13-6(18-8)5-15-7(16)10(12-9(15)17)3-1-2-4-10/h1-5H2,(H2,11,14)(H,12,17). The van der Waals surface area contributed by atoms with Gasteiger partial charge in [0.25, 0.3) is 5.91 Å². The molecule has 96 valence electrons. The van der Waals surface area contributed by atoms with Crippen LogP contribution < -0.4 is 11.1 Å². The summed E-state index contributed by atoms with van der Waals surface area (Å²) in [5, 5.41) is 11.2. The molecule has 1 aliphatic heterocycles. The van der Waals surface area contributed by atoms with Crippen molar-refractivity contribution >= 4 is 28.4 Å². The van der Waals surface area contributed by atoms with E-state index in [1.807, 2.05) is 0 Å². The summed E-state index contributed by atoms with van der Waals surface area (Å²) in [6, 6.07) is -0.337. The van der Waals surface area contributed by atoms with Gasteiger partial charge in [0, 0.05) is 0 Å². The van der Waals surface area contributed by atoms with Gasteiger partial charge in [-0.25, -0.2) is 4.79 Å². The van der Waals surface area contributed by atoms with Crippen LogP contribution >= 0.6 is 11.3 Å². The minimum atomic E-state index is -0.659. The van der Waals surface area contributed by atoms with Crippen molar-refractivity contribution in [1.82, 2.24) is 20.4 Å². The highest BCUT2D eigenvalue weighted by Gasteiger charge is 2.52. The maximum Gasteiger partial charge on any atom is 0.325 e. The van der Waals surface area contributed by atoms with E-state index in [1.165, 1.54) is 16.2 Å². The van der Waals surface area contributed by atoms with E-state index in [9.17, 15) is 9.59 Å². The predicted octanol–water partition coefficient (Wildman–Crippen LogP) is 0.485. The quantitative estimate of drug-likeness (QED) is 0.759. The van der Waals surface area contributed by atoms with Crippen molar-refractivity contribution in [2.75, 3.05) is 5.73 Å². The van der Waals surface area contributed by atoms with Gasteiger partial charge in [-0.3, -0.25) is 9.69 Å². The van der Waals surface area contributed by atoms with Gasteiger partial charge >= 0.3 is 6.03 Å². The first kappa shape index (κ1) is 11.4. The lowest BCUT2D eigenvalue weighted by Crippen LogP contribution is -2.44. The molecule has 18 heavy (non-hydrogen) atoms. The van der Waals surface area contributed by atoms with E-state index in [0.29, 0.717) is 10.1 Å². The third kappa shape index (κ3) is 1.64. The van der Waals surface area contributed by atoms with Gasteiger partial charge in [0.05, 0.1) is 6.54 Å². The number of nitrogens with zero attached hydrogens (tertiary/aromatic N) is 3. The molecule has 1 spiro atoms. The van der Waals surface area contributed by atoms with Crippen LogP contribution in [0.4, 0.5) is 9.93 Å². The summed E-state index contributed by atoms with van der Waals surface area (Å²) < 4.78 is 0. The molecule has 2 fully saturated rings. The fraction of sp³-hybridized carbons (Fsp3) is 0.600. The van der Waals surface area contributed by atoms with E-state index >= 15 is 0 Å². The first-order chi connectivity index (χ1) is 8.61. The van der Waals surface area contributed by atoms with Crippen LogP contribution in [-0.2, 0) is 11.3 Å². The van der Waals surface area contributed by atoms with Crippen LogP contribution in [0.25, 0.3) is 0 Å². The van der Waals surface area contributed by atoms with Crippen LogP contribution in [0.2, 0.25) is 0 Å². The summed E-state index contributed by atoms with van der Waals surface area (Å²) in [4.78, 5) is 25.4. The topological polar surface area (TPSA) is 101 Å². The van der Waals surface area contributed by atoms with E-state index < -0.39 is 5.54 Å². The number of aromatic nitrogens is 2. The second-order valence-corrected chi connectivity index (χ2v) is 5.74. The van der Waals surface area contributed by atoms with Crippen LogP contribution in [-0.4, -0.2) is 32.6 Å². The lowest BCUT2D eigenvalue weighted by atomic mass is 9.98. The van der Waals surface area contributed by atoms with Gasteiger partial charge in [-0.15, -0.1) is 10.2 Å². The SMILES string of the molecule is Nc1nnc(CN2C(=O)NC3(CCCC3)C2=O)s1. The van der Waals surface area contributed by atoms with Crippen molar-refractivity contribution in [2.24, 2.45) is 0 Å². The third-order valence-corrected chi connectivity index (χ3v) is 4.22. The number of nitrogens with two attached hydrogens (primary N) is 1. The van der Waals surface area contributed by atoms with Crippen molar-refractivity contribution < 1.29 is 9.59 Å². The third-order valence-electron chi connectivity index (χ3n) is 3.48. The molecule has 0 aromatic carbocycles. The van der Waals surface area contributed by atoms with E-state index in [2.05, 4.69) is 15.5 Å². The Balaban J connectivity index is 1.80. The second kappa shape index (κ2) is 3.91. The molecular formula is C10H13N5O2S. The number of hydrogen-bond donors (Lipinski definition) is 2. The minimum absolute atomic E-state index is 0.140. The Labute approximate surface area is 107 Å². The highest BCUT2D eigenvalue weighted by atomic mass is 32.1. The molecule has 1 aromatic rings. The van der Waals surface area contributed by atoms with Crippen LogP contribution in [0, 0.1) is 0 Å². The normalized spacial score (nSPS) is 21.9. The zero-order valence-electron chi connectivity index (χ0n) is 9.68. The Morgan fingerprint density at radius 2 is 2.06 bits per heavy atom. The molecule has 8 heteroatoms. The summed E-state index contributed by atoms with van der Waals surface area (Å²) in [6.45, 7) is 0.154. The maximum atomic E-state index is 12.3. The predicted molar refractivity (Wildman–Crippen MR) is 64.6 cm³/mol. The van der Waals surface area contributed by atoms with E-state index in [-0.39, 0.29) is 18.5 Å². The van der Waals surface area contributed by atoms with Crippen molar-refractivity contribution in [2.45, 2.75) is 37.8 Å². The molecule has 1 saturated carbocycles. The highest BCUT2D eigenvalue weighted by molar-refractivity contribution is 7.15. The number of imide groups is 1. The lowest BCUT2D eigenvalue weighted by Gasteiger charge is -2.19. The van der Waals surface area contributed by atoms with Gasteiger partial charge in [0.15, 0.2) is 0 Å². The Hall–Kier alpha value is -1.70. The number of hydrogen-bond acceptors (Lipinski definition) is 6. The Kier molecular flexibility index (Phi) is 2.47. The summed E-state index contributed by atoms with van der Waals surface area (Å²) >= 11 is 1.19. The molecule has 3 amide bonds. The van der Waals surface area contributed by atoms with Crippen molar-refractivity contribution in [3.8, 4) is 0 Å². The van der Waals surface area contributed by atoms with Gasteiger partial charge in [-0.2, -0.15) is 0 Å². The highest BCUT2D eigenvalue weighted by Crippen LogP contribution is 2.35. The number of rotatable bonds is 2. The van der Waals surface area contributed by atoms with Crippen LogP contribution in [0.3, 0.4) is 0 Å². The van der Waals surface area contributed by atoms with E-state index in [4.69, 9.17) is 5.73 Å². The number of nitrogen functional groups attached to an aromatic ring is 1. The largest absolute Gasteiger partial charge is 0.374 e. The number of nitrogens with one attached hydrogen (secondary N) is 1. The van der Waals surface area contributed by atoms with Gasteiger partial charge in [0.2, 0.25) is 5.13 Å². The summed E-state index contributed by atoms with van der Waals surface area (Å²) in [6.07, 6.45) is 3.41. The average molecular weight is 267 g/mol. The second-order valence-electron chi connectivity index (χ2n) is 4.64. The Bertz CT molecular complexity index is 508. The molecule has 3 rings (SSSR count). The monoisotopic (exact) mass is 267 g/mol. The number of carbonyl (C=O) groups is 2. The molecule has 1 aliphatic carbocycles. The van der Waals surface area contributed by atoms with Gasteiger partial charge < -0.3 is 11.1 Å². The Morgan fingerprint density at radius 1 is 1.33 bits per heavy atom. The average Bonchev–Trinajstić information content (AvgIpc) is 2.99. The number of carbonyl (C=O) groups excluding carboxylic acids is 2. The molecule has 1 aromatic heterocycles. The smallest absolute Gasteiger partial charge is 0.325 e. The van der Waals surface area contributed by atoms with Crippen LogP contribution in [0.5, 0.6) is 0 Å². The number of anilines is 1. The van der Waals surface area contributed by atoms with Gasteiger partial charge in [0.1, 0.15) is 10.5 Å². The Morgan fingerprint density at radius 3 is 2.67 bits per heavy atom. The fourth-order valence-electron chi connectivity index (χ4n) is 2.60. The molecule has 2 aliphatic rings. The van der Waals surface area contributed by atoms with E-state index in [0.717, 1.165) is 25.7 Å². The van der Waals surface area contributed by atoms with Crippen molar-refractivity contribution in [3.63, 3.8) is 0 Å². The minimum Gasteiger partial charge on any atom is -0.374 e. The molecule has 1 saturated heterocycles. The van der Waals surface area contributed by atoms with Crippen LogP contribution in [0.15, 0.2) is 0 Å². The van der Waals surface area contributed by atoms with Crippen molar-refractivity contribution in [3.05, 3.63) is 5.01 Å². The molecule has 0 bridgehead atoms. The summed E-state index contributed by atoms with van der Waals surface area (Å²) in [5.41, 5.74) is 4.82. The molecule has 0 atom stereocenters. The van der Waals surface area contributed by atoms with Crippen LogP contribution in [0.1, 0.15) is 30.7 Å². The number of amides is 3. The van der Waals surface area contributed by atoms with Gasteiger partial charge in [-0.1, -0.05) is 24.2 Å². The molecule has 2 heterocycles. The first-order valence-corrected chi connectivity index (χ1v) is 6.64. The molecule has 0 radical (unpaired) electrons. The van der Waals surface area contributed by atoms with E-state index in [1.54, 1.807) is 0 Å². The molecule has 3 N–H and O–H groups in total. The zero-order chi connectivity index (χ0) is 12.8. The summed E-state index contributed by atoms with van der Waals surface area (Å²) in [5.74, 6) is -0.140. The number of urea groups is 1. The lowest BCUT2D eigenvalue weighted by molar-refractivity contribution is -0.131. The van der Waals surface area contributed by atoms with Gasteiger partial charge in [-0.05, 0) is 12.8 Å². The molecule has 0 unspecified atom stereocenters. The molecular weight excluding hydrogens is 254 g/mol. The maximum absolute atomic E-state index is 12.3. The fourth-order valence-corrected chi connectivity index (χ4v) is 3.20. The first-order valence-electron chi connectivity index (χ1n) is 5.83. The summed E-state index contributed by atoms with van der Waals surface area (Å²) in [7, 11) is 0. The molecule has 7 nitrogen and oxygen atoms in total.